The molecule has 0 aromatic heterocycles. The fraction of sp³-hybridized carbons (Fsp3) is 0.357. The van der Waals surface area contributed by atoms with Crippen LogP contribution in [-0.4, -0.2) is 37.0 Å². The van der Waals surface area contributed by atoms with Crippen molar-refractivity contribution >= 4 is 5.78 Å². The maximum atomic E-state index is 10.4. The summed E-state index contributed by atoms with van der Waals surface area (Å²) in [5, 5.41) is 0. The van der Waals surface area contributed by atoms with Crippen molar-refractivity contribution in [2.75, 3.05) is 26.3 Å². The summed E-state index contributed by atoms with van der Waals surface area (Å²) in [5.74, 6) is 17.3. The second-order valence-electron chi connectivity index (χ2n) is 3.14. The van der Waals surface area contributed by atoms with Crippen LogP contribution in [0.5, 0.6) is 0 Å². The van der Waals surface area contributed by atoms with Gasteiger partial charge in [0, 0.05) is 43.8 Å². The zero-order valence-electron chi connectivity index (χ0n) is 9.59. The Morgan fingerprint density at radius 3 is 2.24 bits per heavy atom. The second kappa shape index (κ2) is 7.90. The Labute approximate surface area is 102 Å². The summed E-state index contributed by atoms with van der Waals surface area (Å²) >= 11 is 0. The first-order valence-corrected chi connectivity index (χ1v) is 5.14. The molecular weight excluding hydrogens is 214 g/mol. The van der Waals surface area contributed by atoms with Gasteiger partial charge in [-0.25, -0.2) is 0 Å². The third-order valence-corrected chi connectivity index (χ3v) is 1.78. The van der Waals surface area contributed by atoms with Crippen molar-refractivity contribution in [1.82, 2.24) is 4.90 Å². The van der Waals surface area contributed by atoms with E-state index in [1.54, 1.807) is 0 Å². The highest BCUT2D eigenvalue weighted by atomic mass is 16.5. The van der Waals surface area contributed by atoms with E-state index >= 15 is 0 Å². The first-order valence-electron chi connectivity index (χ1n) is 5.14. The number of ketones is 1. The molecule has 0 atom stereocenters. The van der Waals surface area contributed by atoms with Gasteiger partial charge in [-0.15, -0.1) is 0 Å². The van der Waals surface area contributed by atoms with Crippen LogP contribution >= 0.6 is 0 Å². The number of hydrogen-bond acceptors (Lipinski definition) is 3. The van der Waals surface area contributed by atoms with Crippen LogP contribution in [0.3, 0.4) is 0 Å². The van der Waals surface area contributed by atoms with Gasteiger partial charge in [-0.2, -0.15) is 0 Å². The van der Waals surface area contributed by atoms with Gasteiger partial charge < -0.3 is 9.64 Å². The molecule has 1 fully saturated rings. The SMILES string of the molecule is CC(=O)C#CC#CC#CC#CN1CCOCC1. The molecule has 0 saturated carbocycles. The first-order chi connectivity index (χ1) is 8.29. The van der Waals surface area contributed by atoms with Crippen LogP contribution in [0, 0.1) is 47.5 Å². The molecule has 0 unspecified atom stereocenters. The van der Waals surface area contributed by atoms with E-state index in [9.17, 15) is 4.79 Å². The van der Waals surface area contributed by atoms with Crippen LogP contribution in [0.2, 0.25) is 0 Å². The minimum absolute atomic E-state index is 0.209. The fourth-order valence-electron chi connectivity index (χ4n) is 1.03. The van der Waals surface area contributed by atoms with Crippen LogP contribution in [0.15, 0.2) is 0 Å². The van der Waals surface area contributed by atoms with E-state index in [0.29, 0.717) is 13.2 Å². The Hall–Kier alpha value is -2.33. The van der Waals surface area contributed by atoms with Gasteiger partial charge in [-0.1, -0.05) is 0 Å². The van der Waals surface area contributed by atoms with Crippen molar-refractivity contribution in [2.24, 2.45) is 0 Å². The Morgan fingerprint density at radius 1 is 1.00 bits per heavy atom. The van der Waals surface area contributed by atoms with E-state index < -0.39 is 0 Å². The molecule has 3 nitrogen and oxygen atoms in total. The molecule has 0 N–H and O–H groups in total. The number of morpholine rings is 1. The lowest BCUT2D eigenvalue weighted by molar-refractivity contribution is -0.111. The number of carbonyl (C=O) groups is 1. The van der Waals surface area contributed by atoms with Gasteiger partial charge in [0.05, 0.1) is 13.2 Å². The highest BCUT2D eigenvalue weighted by Crippen LogP contribution is 1.92. The zero-order valence-corrected chi connectivity index (χ0v) is 9.59. The number of carbonyl (C=O) groups excluding carboxylic acids is 1. The van der Waals surface area contributed by atoms with Crippen molar-refractivity contribution in [3.63, 3.8) is 0 Å². The second-order valence-corrected chi connectivity index (χ2v) is 3.14. The molecule has 0 aromatic rings. The molecule has 0 amide bonds. The third kappa shape index (κ3) is 6.70. The van der Waals surface area contributed by atoms with E-state index in [1.807, 2.05) is 4.90 Å². The van der Waals surface area contributed by atoms with Gasteiger partial charge in [-0.05, 0) is 23.7 Å². The standard InChI is InChI=1S/C14H11NO2/c1-14(16)8-6-4-2-3-5-7-9-15-10-12-17-13-11-15/h10-13H2,1H3. The van der Waals surface area contributed by atoms with Crippen molar-refractivity contribution < 1.29 is 9.53 Å². The van der Waals surface area contributed by atoms with Crippen LogP contribution < -0.4 is 0 Å². The van der Waals surface area contributed by atoms with Crippen LogP contribution in [-0.2, 0) is 9.53 Å². The van der Waals surface area contributed by atoms with Gasteiger partial charge in [0.2, 0.25) is 5.78 Å². The van der Waals surface area contributed by atoms with Crippen molar-refractivity contribution in [1.29, 1.82) is 0 Å². The topological polar surface area (TPSA) is 29.5 Å². The molecule has 1 saturated heterocycles. The molecule has 17 heavy (non-hydrogen) atoms. The number of hydrogen-bond donors (Lipinski definition) is 0. The average Bonchev–Trinajstić information content (AvgIpc) is 2.33. The van der Waals surface area contributed by atoms with Crippen molar-refractivity contribution in [3.8, 4) is 47.5 Å². The predicted molar refractivity (Wildman–Crippen MR) is 64.2 cm³/mol. The summed E-state index contributed by atoms with van der Waals surface area (Å²) in [7, 11) is 0. The zero-order chi connectivity index (χ0) is 12.3. The minimum Gasteiger partial charge on any atom is -0.378 e. The van der Waals surface area contributed by atoms with Gasteiger partial charge in [0.1, 0.15) is 0 Å². The monoisotopic (exact) mass is 225 g/mol. The van der Waals surface area contributed by atoms with Gasteiger partial charge in [0.25, 0.3) is 0 Å². The molecule has 0 aliphatic carbocycles. The lowest BCUT2D eigenvalue weighted by atomic mass is 10.4. The molecule has 3 heteroatoms. The van der Waals surface area contributed by atoms with Crippen LogP contribution in [0.25, 0.3) is 0 Å². The Bertz CT molecular complexity index is 512. The summed E-state index contributed by atoms with van der Waals surface area (Å²) in [4.78, 5) is 12.4. The highest BCUT2D eigenvalue weighted by molar-refractivity contribution is 5.93. The summed E-state index contributed by atoms with van der Waals surface area (Å²) in [6.07, 6.45) is 0. The predicted octanol–water partition coefficient (Wildman–Crippen LogP) is -0.121. The number of nitrogens with zero attached hydrogens (tertiary/aromatic N) is 1. The summed E-state index contributed by atoms with van der Waals surface area (Å²) in [6.45, 7) is 4.42. The summed E-state index contributed by atoms with van der Waals surface area (Å²) < 4.78 is 5.18. The normalized spacial score (nSPS) is 12.4. The van der Waals surface area contributed by atoms with Crippen molar-refractivity contribution in [3.05, 3.63) is 0 Å². The van der Waals surface area contributed by atoms with E-state index in [0.717, 1.165) is 13.1 Å². The summed E-state index contributed by atoms with van der Waals surface area (Å²) in [6, 6.07) is 2.90. The fourth-order valence-corrected chi connectivity index (χ4v) is 1.03. The number of Topliss-reactive ketones (excluding diaryl/α,β-unsaturated/α-hetero) is 1. The van der Waals surface area contributed by atoms with Gasteiger partial charge >= 0.3 is 0 Å². The van der Waals surface area contributed by atoms with E-state index in [4.69, 9.17) is 4.74 Å². The molecule has 0 aromatic carbocycles. The maximum absolute atomic E-state index is 10.4. The van der Waals surface area contributed by atoms with E-state index in [1.165, 1.54) is 6.92 Å². The first kappa shape index (κ1) is 12.7. The quantitative estimate of drug-likeness (QED) is 0.425. The molecule has 1 rings (SSSR count). The van der Waals surface area contributed by atoms with Gasteiger partial charge in [0.15, 0.2) is 0 Å². The molecule has 0 bridgehead atoms. The molecule has 84 valence electrons. The third-order valence-electron chi connectivity index (χ3n) is 1.78. The Morgan fingerprint density at radius 2 is 1.59 bits per heavy atom. The van der Waals surface area contributed by atoms with Crippen LogP contribution in [0.1, 0.15) is 6.92 Å². The smallest absolute Gasteiger partial charge is 0.203 e. The minimum atomic E-state index is -0.209. The largest absolute Gasteiger partial charge is 0.378 e. The molecule has 1 aliphatic heterocycles. The summed E-state index contributed by atoms with van der Waals surface area (Å²) in [5.41, 5.74) is 0. The average molecular weight is 225 g/mol. The number of rotatable bonds is 0. The number of ether oxygens (including phenoxy) is 1. The molecule has 0 spiro atoms. The van der Waals surface area contributed by atoms with Crippen molar-refractivity contribution in [2.45, 2.75) is 6.92 Å². The van der Waals surface area contributed by atoms with Gasteiger partial charge in [-0.3, -0.25) is 4.79 Å². The lowest BCUT2D eigenvalue weighted by Crippen LogP contribution is -2.32. The van der Waals surface area contributed by atoms with E-state index in [-0.39, 0.29) is 5.78 Å². The molecule has 1 aliphatic rings. The highest BCUT2D eigenvalue weighted by Gasteiger charge is 2.04. The molecule has 0 radical (unpaired) electrons. The molecule has 1 heterocycles. The van der Waals surface area contributed by atoms with E-state index in [2.05, 4.69) is 47.5 Å². The maximum Gasteiger partial charge on any atom is 0.203 e. The molecular formula is C14H11NO2. The van der Waals surface area contributed by atoms with Crippen LogP contribution in [0.4, 0.5) is 0 Å². The Kier molecular flexibility index (Phi) is 5.92. The Balaban J connectivity index is 2.38. The lowest BCUT2D eigenvalue weighted by Gasteiger charge is -2.22.